The van der Waals surface area contributed by atoms with Crippen LogP contribution in [0.5, 0.6) is 0 Å². The van der Waals surface area contributed by atoms with Gasteiger partial charge in [-0.05, 0) is 17.5 Å². The van der Waals surface area contributed by atoms with Gasteiger partial charge >= 0.3 is 12.2 Å². The first kappa shape index (κ1) is 24.2. The van der Waals surface area contributed by atoms with Crippen molar-refractivity contribution in [2.45, 2.75) is 57.9 Å². The standard InChI is InChI=1S/C24H32N2O5/c1-2-3-6-15-21(26-24(29)30-17-20-13-9-5-10-14-20)22(27)18-31-23(28)25-16-19-11-7-4-8-12-19/h4-5,7-14,21-22,27H,2-3,6,15-18H2,1H3,(H,25,28)(H,26,29). The second kappa shape index (κ2) is 14.0. The number of hydrogen-bond donors (Lipinski definition) is 3. The number of unbranched alkanes of at least 4 members (excludes halogenated alkanes) is 2. The summed E-state index contributed by atoms with van der Waals surface area (Å²) < 4.78 is 10.4. The SMILES string of the molecule is CCCCCC(NC(=O)OCc1ccccc1)C(O)COC(=O)NCc1ccccc1. The number of amides is 2. The second-order valence-corrected chi connectivity index (χ2v) is 7.31. The Bertz CT molecular complexity index is 770. The fourth-order valence-electron chi connectivity index (χ4n) is 2.99. The van der Waals surface area contributed by atoms with E-state index in [4.69, 9.17) is 9.47 Å². The van der Waals surface area contributed by atoms with E-state index in [9.17, 15) is 14.7 Å². The van der Waals surface area contributed by atoms with E-state index < -0.39 is 24.3 Å². The first-order valence-electron chi connectivity index (χ1n) is 10.7. The molecule has 0 saturated heterocycles. The smallest absolute Gasteiger partial charge is 0.407 e. The molecule has 31 heavy (non-hydrogen) atoms. The van der Waals surface area contributed by atoms with Crippen molar-refractivity contribution in [3.63, 3.8) is 0 Å². The fourth-order valence-corrected chi connectivity index (χ4v) is 2.99. The molecule has 0 bridgehead atoms. The van der Waals surface area contributed by atoms with Gasteiger partial charge in [-0.15, -0.1) is 0 Å². The van der Waals surface area contributed by atoms with Crippen molar-refractivity contribution in [3.05, 3.63) is 71.8 Å². The van der Waals surface area contributed by atoms with E-state index in [0.29, 0.717) is 13.0 Å². The van der Waals surface area contributed by atoms with Crippen LogP contribution in [-0.2, 0) is 22.6 Å². The highest BCUT2D eigenvalue weighted by molar-refractivity contribution is 5.68. The summed E-state index contributed by atoms with van der Waals surface area (Å²) in [6.07, 6.45) is 1.10. The Hall–Kier alpha value is -3.06. The molecule has 2 rings (SSSR count). The normalized spacial score (nSPS) is 12.5. The van der Waals surface area contributed by atoms with Crippen LogP contribution >= 0.6 is 0 Å². The van der Waals surface area contributed by atoms with E-state index in [1.807, 2.05) is 60.7 Å². The number of aliphatic hydroxyl groups excluding tert-OH is 1. The van der Waals surface area contributed by atoms with Gasteiger partial charge in [-0.1, -0.05) is 86.8 Å². The van der Waals surface area contributed by atoms with Gasteiger partial charge in [0.15, 0.2) is 0 Å². The van der Waals surface area contributed by atoms with Crippen molar-refractivity contribution >= 4 is 12.2 Å². The Labute approximate surface area is 183 Å². The molecular formula is C24H32N2O5. The topological polar surface area (TPSA) is 96.9 Å². The first-order chi connectivity index (χ1) is 15.1. The Morgan fingerprint density at radius 1 is 0.903 bits per heavy atom. The predicted octanol–water partition coefficient (Wildman–Crippen LogP) is 4.15. The number of aliphatic hydroxyl groups is 1. The molecule has 2 aromatic carbocycles. The highest BCUT2D eigenvalue weighted by atomic mass is 16.6. The van der Waals surface area contributed by atoms with Crippen LogP contribution in [0, 0.1) is 0 Å². The van der Waals surface area contributed by atoms with E-state index in [0.717, 1.165) is 30.4 Å². The number of alkyl carbamates (subject to hydrolysis) is 2. The molecule has 0 aliphatic carbocycles. The number of benzene rings is 2. The predicted molar refractivity (Wildman–Crippen MR) is 118 cm³/mol. The quantitative estimate of drug-likeness (QED) is 0.441. The van der Waals surface area contributed by atoms with Gasteiger partial charge in [-0.3, -0.25) is 0 Å². The van der Waals surface area contributed by atoms with Gasteiger partial charge in [0.2, 0.25) is 0 Å². The van der Waals surface area contributed by atoms with Crippen molar-refractivity contribution in [2.75, 3.05) is 6.61 Å². The number of nitrogens with one attached hydrogen (secondary N) is 2. The summed E-state index contributed by atoms with van der Waals surface area (Å²) >= 11 is 0. The number of ether oxygens (including phenoxy) is 2. The minimum atomic E-state index is -1.04. The molecule has 7 nitrogen and oxygen atoms in total. The van der Waals surface area contributed by atoms with Crippen LogP contribution in [0.25, 0.3) is 0 Å². The van der Waals surface area contributed by atoms with E-state index in [1.165, 1.54) is 0 Å². The fraction of sp³-hybridized carbons (Fsp3) is 0.417. The second-order valence-electron chi connectivity index (χ2n) is 7.31. The molecule has 2 amide bonds. The maximum atomic E-state index is 12.2. The third-order valence-electron chi connectivity index (χ3n) is 4.76. The summed E-state index contributed by atoms with van der Waals surface area (Å²) in [5.74, 6) is 0. The van der Waals surface area contributed by atoms with Crippen molar-refractivity contribution in [1.82, 2.24) is 10.6 Å². The monoisotopic (exact) mass is 428 g/mol. The maximum Gasteiger partial charge on any atom is 0.407 e. The summed E-state index contributed by atoms with van der Waals surface area (Å²) in [7, 11) is 0. The van der Waals surface area contributed by atoms with E-state index >= 15 is 0 Å². The molecule has 0 radical (unpaired) electrons. The highest BCUT2D eigenvalue weighted by Crippen LogP contribution is 2.09. The molecule has 2 aromatic rings. The summed E-state index contributed by atoms with van der Waals surface area (Å²) in [5, 5.41) is 15.8. The summed E-state index contributed by atoms with van der Waals surface area (Å²) in [6, 6.07) is 18.2. The summed E-state index contributed by atoms with van der Waals surface area (Å²) in [6.45, 7) is 2.33. The molecule has 0 heterocycles. The van der Waals surface area contributed by atoms with Crippen LogP contribution in [0.4, 0.5) is 9.59 Å². The van der Waals surface area contributed by atoms with Gasteiger partial charge in [0.05, 0.1) is 6.04 Å². The Morgan fingerprint density at radius 2 is 1.55 bits per heavy atom. The van der Waals surface area contributed by atoms with Crippen molar-refractivity contribution in [1.29, 1.82) is 0 Å². The zero-order valence-corrected chi connectivity index (χ0v) is 18.0. The minimum Gasteiger partial charge on any atom is -0.447 e. The minimum absolute atomic E-state index is 0.142. The third-order valence-corrected chi connectivity index (χ3v) is 4.76. The molecule has 2 unspecified atom stereocenters. The molecule has 3 N–H and O–H groups in total. The van der Waals surface area contributed by atoms with Crippen molar-refractivity contribution in [3.8, 4) is 0 Å². The molecule has 168 valence electrons. The molecule has 0 fully saturated rings. The van der Waals surface area contributed by atoms with Gasteiger partial charge in [0.1, 0.15) is 19.3 Å². The first-order valence-corrected chi connectivity index (χ1v) is 10.7. The zero-order valence-electron chi connectivity index (χ0n) is 18.0. The van der Waals surface area contributed by atoms with Gasteiger partial charge in [0.25, 0.3) is 0 Å². The molecule has 2 atom stereocenters. The summed E-state index contributed by atoms with van der Waals surface area (Å²) in [5.41, 5.74) is 1.82. The number of hydrogen-bond acceptors (Lipinski definition) is 5. The van der Waals surface area contributed by atoms with E-state index in [2.05, 4.69) is 17.6 Å². The lowest BCUT2D eigenvalue weighted by molar-refractivity contribution is 0.0398. The van der Waals surface area contributed by atoms with Crippen LogP contribution in [0.2, 0.25) is 0 Å². The summed E-state index contributed by atoms with van der Waals surface area (Å²) in [4.78, 5) is 24.1. The van der Waals surface area contributed by atoms with Gasteiger partial charge < -0.3 is 25.2 Å². The molecule has 0 aliphatic rings. The Kier molecular flexibility index (Phi) is 11.0. The molecule has 0 aromatic heterocycles. The van der Waals surface area contributed by atoms with Crippen molar-refractivity contribution in [2.24, 2.45) is 0 Å². The average Bonchev–Trinajstić information content (AvgIpc) is 2.80. The number of carbonyl (C=O) groups excluding carboxylic acids is 2. The van der Waals surface area contributed by atoms with Crippen LogP contribution in [0.3, 0.4) is 0 Å². The molecule has 0 saturated carbocycles. The third kappa shape index (κ3) is 10.00. The van der Waals surface area contributed by atoms with Crippen molar-refractivity contribution < 1.29 is 24.2 Å². The van der Waals surface area contributed by atoms with Gasteiger partial charge in [0, 0.05) is 6.54 Å². The molecule has 0 spiro atoms. The van der Waals surface area contributed by atoms with Gasteiger partial charge in [-0.2, -0.15) is 0 Å². The highest BCUT2D eigenvalue weighted by Gasteiger charge is 2.23. The van der Waals surface area contributed by atoms with Gasteiger partial charge in [-0.25, -0.2) is 9.59 Å². The molecular weight excluding hydrogens is 396 g/mol. The lowest BCUT2D eigenvalue weighted by atomic mass is 10.0. The van der Waals surface area contributed by atoms with E-state index in [-0.39, 0.29) is 13.2 Å². The van der Waals surface area contributed by atoms with Crippen LogP contribution < -0.4 is 10.6 Å². The van der Waals surface area contributed by atoms with E-state index in [1.54, 1.807) is 0 Å². The van der Waals surface area contributed by atoms with Crippen LogP contribution in [0.1, 0.15) is 43.7 Å². The lowest BCUT2D eigenvalue weighted by Gasteiger charge is -2.24. The lowest BCUT2D eigenvalue weighted by Crippen LogP contribution is -2.46. The Balaban J connectivity index is 1.78. The average molecular weight is 429 g/mol. The molecule has 0 aliphatic heterocycles. The Morgan fingerprint density at radius 3 is 2.19 bits per heavy atom. The number of carbonyl (C=O) groups is 2. The zero-order chi connectivity index (χ0) is 22.3. The van der Waals surface area contributed by atoms with Crippen LogP contribution in [-0.4, -0.2) is 36.0 Å². The maximum absolute atomic E-state index is 12.2. The largest absolute Gasteiger partial charge is 0.447 e. The van der Waals surface area contributed by atoms with Crippen LogP contribution in [0.15, 0.2) is 60.7 Å². The number of rotatable bonds is 12. The molecule has 7 heteroatoms.